The van der Waals surface area contributed by atoms with Crippen molar-refractivity contribution in [2.75, 3.05) is 0 Å². The number of aryl methyl sites for hydroxylation is 1. The molecule has 1 heterocycles. The third-order valence-corrected chi connectivity index (χ3v) is 4.72. The number of fused-ring (bicyclic) bond motifs is 1. The Morgan fingerprint density at radius 3 is 2.38 bits per heavy atom. The summed E-state index contributed by atoms with van der Waals surface area (Å²) in [7, 11) is 0. The van der Waals surface area contributed by atoms with Crippen LogP contribution in [0.5, 0.6) is 0 Å². The Hall–Kier alpha value is -0.830. The van der Waals surface area contributed by atoms with Gasteiger partial charge in [0.2, 0.25) is 0 Å². The van der Waals surface area contributed by atoms with E-state index in [1.807, 2.05) is 6.20 Å². The molecule has 0 radical (unpaired) electrons. The number of aromatic amines is 1. The summed E-state index contributed by atoms with van der Waals surface area (Å²) in [5.41, 5.74) is 2.24. The lowest BCUT2D eigenvalue weighted by Crippen LogP contribution is -1.86. The van der Waals surface area contributed by atoms with E-state index in [0.717, 1.165) is 21.8 Å². The van der Waals surface area contributed by atoms with E-state index in [0.29, 0.717) is 0 Å². The Bertz CT molecular complexity index is 562. The van der Waals surface area contributed by atoms with Gasteiger partial charge in [0.1, 0.15) is 5.82 Å². The van der Waals surface area contributed by atoms with E-state index >= 15 is 0 Å². The van der Waals surface area contributed by atoms with E-state index in [-0.39, 0.29) is 5.82 Å². The van der Waals surface area contributed by atoms with Crippen molar-refractivity contribution in [3.05, 3.63) is 34.2 Å². The highest BCUT2D eigenvalue weighted by Crippen LogP contribution is 2.28. The maximum absolute atomic E-state index is 13.5. The normalized spacial score (nSPS) is 11.4. The van der Waals surface area contributed by atoms with Crippen LogP contribution in [0.25, 0.3) is 10.9 Å². The number of hydrogen-bond donors (Lipinski definition) is 1. The molecule has 0 unspecified atom stereocenters. The van der Waals surface area contributed by atoms with Crippen molar-refractivity contribution in [1.29, 1.82) is 0 Å². The van der Waals surface area contributed by atoms with E-state index in [4.69, 9.17) is 0 Å². The van der Waals surface area contributed by atoms with Crippen LogP contribution in [0.2, 0.25) is 0 Å². The summed E-state index contributed by atoms with van der Waals surface area (Å²) in [4.78, 5) is 3.25. The summed E-state index contributed by atoms with van der Waals surface area (Å²) >= 11 is 3.41. The van der Waals surface area contributed by atoms with Gasteiger partial charge in [-0.2, -0.15) is 0 Å². The smallest absolute Gasteiger partial charge is 0.125 e. The van der Waals surface area contributed by atoms with Crippen LogP contribution < -0.4 is 0 Å². The molecular formula is C18H25BrFN. The predicted molar refractivity (Wildman–Crippen MR) is 92.3 cm³/mol. The molecule has 1 aromatic carbocycles. The fraction of sp³-hybridized carbons (Fsp3) is 0.556. The van der Waals surface area contributed by atoms with Gasteiger partial charge in [-0.05, 0) is 46.5 Å². The van der Waals surface area contributed by atoms with Crippen molar-refractivity contribution in [3.8, 4) is 0 Å². The van der Waals surface area contributed by atoms with Gasteiger partial charge in [0.25, 0.3) is 0 Å². The molecule has 0 aliphatic heterocycles. The third-order valence-electron chi connectivity index (χ3n) is 4.09. The zero-order valence-electron chi connectivity index (χ0n) is 12.9. The molecule has 0 fully saturated rings. The SMILES string of the molecule is CCCCCCCCCCc1c[nH]c2c(Br)cc(F)cc12. The van der Waals surface area contributed by atoms with Gasteiger partial charge in [0.05, 0.1) is 5.52 Å². The molecule has 1 N–H and O–H groups in total. The predicted octanol–water partition coefficient (Wildman–Crippen LogP) is 6.75. The van der Waals surface area contributed by atoms with Crippen molar-refractivity contribution >= 4 is 26.8 Å². The van der Waals surface area contributed by atoms with Crippen LogP contribution in [0.3, 0.4) is 0 Å². The van der Waals surface area contributed by atoms with Gasteiger partial charge in [0, 0.05) is 16.1 Å². The van der Waals surface area contributed by atoms with Crippen LogP contribution in [0.4, 0.5) is 4.39 Å². The van der Waals surface area contributed by atoms with E-state index in [2.05, 4.69) is 27.8 Å². The van der Waals surface area contributed by atoms with E-state index in [1.165, 1.54) is 63.0 Å². The second kappa shape index (κ2) is 8.57. The Kier molecular flexibility index (Phi) is 6.75. The van der Waals surface area contributed by atoms with Crippen molar-refractivity contribution < 1.29 is 4.39 Å². The number of unbranched alkanes of at least 4 members (excludes halogenated alkanes) is 7. The quantitative estimate of drug-likeness (QED) is 0.479. The Balaban J connectivity index is 1.76. The summed E-state index contributed by atoms with van der Waals surface area (Å²) in [6.07, 6.45) is 13.6. The third kappa shape index (κ3) is 4.84. The molecule has 0 spiro atoms. The molecule has 21 heavy (non-hydrogen) atoms. The van der Waals surface area contributed by atoms with Gasteiger partial charge >= 0.3 is 0 Å². The van der Waals surface area contributed by atoms with Gasteiger partial charge in [-0.15, -0.1) is 0 Å². The fourth-order valence-corrected chi connectivity index (χ4v) is 3.41. The van der Waals surface area contributed by atoms with Crippen LogP contribution in [0.1, 0.15) is 63.9 Å². The zero-order valence-corrected chi connectivity index (χ0v) is 14.4. The molecule has 1 nitrogen and oxygen atoms in total. The summed E-state index contributed by atoms with van der Waals surface area (Å²) in [5, 5.41) is 1.02. The molecule has 0 saturated carbocycles. The van der Waals surface area contributed by atoms with Crippen LogP contribution in [-0.4, -0.2) is 4.98 Å². The van der Waals surface area contributed by atoms with Crippen molar-refractivity contribution in [3.63, 3.8) is 0 Å². The van der Waals surface area contributed by atoms with E-state index in [9.17, 15) is 4.39 Å². The van der Waals surface area contributed by atoms with Crippen molar-refractivity contribution in [1.82, 2.24) is 4.98 Å². The van der Waals surface area contributed by atoms with Gasteiger partial charge < -0.3 is 4.98 Å². The Morgan fingerprint density at radius 1 is 1.00 bits per heavy atom. The standard InChI is InChI=1S/C18H25BrFN/c1-2-3-4-5-6-7-8-9-10-14-13-21-18-16(14)11-15(20)12-17(18)19/h11-13,21H,2-10H2,1H3. The molecule has 1 aromatic heterocycles. The number of H-pyrrole nitrogens is 1. The first-order valence-electron chi connectivity index (χ1n) is 8.17. The molecule has 0 saturated heterocycles. The van der Waals surface area contributed by atoms with Crippen LogP contribution >= 0.6 is 15.9 Å². The van der Waals surface area contributed by atoms with Crippen molar-refractivity contribution in [2.45, 2.75) is 64.7 Å². The van der Waals surface area contributed by atoms with Gasteiger partial charge in [0.15, 0.2) is 0 Å². The summed E-state index contributed by atoms with van der Waals surface area (Å²) < 4.78 is 14.3. The van der Waals surface area contributed by atoms with Crippen molar-refractivity contribution in [2.24, 2.45) is 0 Å². The molecular weight excluding hydrogens is 329 g/mol. The molecule has 0 aliphatic carbocycles. The molecule has 0 aliphatic rings. The number of rotatable bonds is 9. The molecule has 2 rings (SSSR count). The van der Waals surface area contributed by atoms with Gasteiger partial charge in [-0.1, -0.05) is 51.9 Å². The van der Waals surface area contributed by atoms with E-state index in [1.54, 1.807) is 6.07 Å². The average Bonchev–Trinajstić information content (AvgIpc) is 2.85. The molecule has 3 heteroatoms. The summed E-state index contributed by atoms with van der Waals surface area (Å²) in [6, 6.07) is 3.15. The number of hydrogen-bond acceptors (Lipinski definition) is 0. The van der Waals surface area contributed by atoms with Gasteiger partial charge in [-0.3, -0.25) is 0 Å². The highest BCUT2D eigenvalue weighted by atomic mass is 79.9. The minimum absolute atomic E-state index is 0.175. The summed E-state index contributed by atoms with van der Waals surface area (Å²) in [6.45, 7) is 2.25. The minimum atomic E-state index is -0.175. The molecule has 0 amide bonds. The van der Waals surface area contributed by atoms with Gasteiger partial charge in [-0.25, -0.2) is 4.39 Å². The number of nitrogens with one attached hydrogen (secondary N) is 1. The zero-order chi connectivity index (χ0) is 15.1. The first-order chi connectivity index (χ1) is 10.2. The minimum Gasteiger partial charge on any atom is -0.360 e. The fourth-order valence-electron chi connectivity index (χ4n) is 2.87. The van der Waals surface area contributed by atoms with Crippen LogP contribution in [-0.2, 0) is 6.42 Å². The molecule has 2 aromatic rings. The Labute approximate surface area is 135 Å². The van der Waals surface area contributed by atoms with Crippen LogP contribution in [0, 0.1) is 5.82 Å². The lowest BCUT2D eigenvalue weighted by Gasteiger charge is -2.02. The first-order valence-corrected chi connectivity index (χ1v) is 8.96. The van der Waals surface area contributed by atoms with Crippen LogP contribution in [0.15, 0.2) is 22.8 Å². The lowest BCUT2D eigenvalue weighted by atomic mass is 10.0. The number of aromatic nitrogens is 1. The number of halogens is 2. The lowest BCUT2D eigenvalue weighted by molar-refractivity contribution is 0.576. The second-order valence-electron chi connectivity index (χ2n) is 5.85. The molecule has 116 valence electrons. The van der Waals surface area contributed by atoms with E-state index < -0.39 is 0 Å². The maximum atomic E-state index is 13.5. The molecule has 0 atom stereocenters. The average molecular weight is 354 g/mol. The highest BCUT2D eigenvalue weighted by molar-refractivity contribution is 9.10. The first kappa shape index (κ1) is 16.5. The number of benzene rings is 1. The Morgan fingerprint density at radius 2 is 1.67 bits per heavy atom. The topological polar surface area (TPSA) is 15.8 Å². The highest BCUT2D eigenvalue weighted by Gasteiger charge is 2.08. The second-order valence-corrected chi connectivity index (χ2v) is 6.70. The summed E-state index contributed by atoms with van der Waals surface area (Å²) in [5.74, 6) is -0.175. The monoisotopic (exact) mass is 353 g/mol. The molecule has 0 bridgehead atoms. The maximum Gasteiger partial charge on any atom is 0.125 e. The largest absolute Gasteiger partial charge is 0.360 e.